The van der Waals surface area contributed by atoms with Crippen molar-refractivity contribution in [1.29, 1.82) is 0 Å². The molecule has 0 aliphatic heterocycles. The van der Waals surface area contributed by atoms with E-state index in [1.807, 2.05) is 0 Å². The monoisotopic (exact) mass is 208 g/mol. The molecule has 0 saturated heterocycles. The zero-order valence-electron chi connectivity index (χ0n) is 10.6. The van der Waals surface area contributed by atoms with Gasteiger partial charge in [0.2, 0.25) is 0 Å². The molecule has 0 radical (unpaired) electrons. The van der Waals surface area contributed by atoms with Gasteiger partial charge < -0.3 is 0 Å². The van der Waals surface area contributed by atoms with E-state index in [9.17, 15) is 4.79 Å². The molecule has 1 heteroatoms. The fraction of sp³-hybridized carbons (Fsp3) is 0.786. The Morgan fingerprint density at radius 1 is 1.47 bits per heavy atom. The summed E-state index contributed by atoms with van der Waals surface area (Å²) in [5.74, 6) is 1.32. The molecule has 1 nitrogen and oxygen atoms in total. The quantitative estimate of drug-likeness (QED) is 0.641. The van der Waals surface area contributed by atoms with Crippen molar-refractivity contribution < 1.29 is 4.79 Å². The van der Waals surface area contributed by atoms with E-state index in [2.05, 4.69) is 34.3 Å². The van der Waals surface area contributed by atoms with Crippen molar-refractivity contribution in [2.45, 2.75) is 53.4 Å². The predicted octanol–water partition coefficient (Wildman–Crippen LogP) is 3.98. The highest BCUT2D eigenvalue weighted by atomic mass is 16.1. The Labute approximate surface area is 93.9 Å². The number of allylic oxidation sites excluding steroid dienone is 1. The Morgan fingerprint density at radius 2 is 2.07 bits per heavy atom. The largest absolute Gasteiger partial charge is 0.299 e. The third-order valence-corrected chi connectivity index (χ3v) is 3.59. The van der Waals surface area contributed by atoms with Crippen LogP contribution in [0.4, 0.5) is 0 Å². The molecule has 0 bridgehead atoms. The first-order valence-corrected chi connectivity index (χ1v) is 6.00. The minimum absolute atomic E-state index is 0.100. The fourth-order valence-corrected chi connectivity index (χ4v) is 2.93. The van der Waals surface area contributed by atoms with Crippen LogP contribution in [0, 0.1) is 17.3 Å². The topological polar surface area (TPSA) is 17.1 Å². The third-order valence-electron chi connectivity index (χ3n) is 3.59. The maximum Gasteiger partial charge on any atom is 0.136 e. The van der Waals surface area contributed by atoms with Crippen LogP contribution >= 0.6 is 0 Å². The van der Waals surface area contributed by atoms with Gasteiger partial charge in [-0.15, -0.1) is 6.58 Å². The van der Waals surface area contributed by atoms with Crippen molar-refractivity contribution in [1.82, 2.24) is 0 Å². The minimum Gasteiger partial charge on any atom is -0.299 e. The van der Waals surface area contributed by atoms with E-state index in [0.29, 0.717) is 11.7 Å². The lowest BCUT2D eigenvalue weighted by Gasteiger charge is -2.37. The lowest BCUT2D eigenvalue weighted by molar-refractivity contribution is -0.129. The van der Waals surface area contributed by atoms with Gasteiger partial charge in [0.1, 0.15) is 5.78 Å². The second-order valence-electron chi connectivity index (χ2n) is 6.03. The number of rotatable bonds is 3. The van der Waals surface area contributed by atoms with E-state index in [1.165, 1.54) is 12.0 Å². The van der Waals surface area contributed by atoms with Crippen LogP contribution in [0.15, 0.2) is 12.2 Å². The van der Waals surface area contributed by atoms with Crippen molar-refractivity contribution in [2.75, 3.05) is 0 Å². The van der Waals surface area contributed by atoms with Crippen LogP contribution < -0.4 is 0 Å². The van der Waals surface area contributed by atoms with Gasteiger partial charge in [-0.1, -0.05) is 26.3 Å². The van der Waals surface area contributed by atoms with Crippen LogP contribution in [0.3, 0.4) is 0 Å². The van der Waals surface area contributed by atoms with E-state index in [0.717, 1.165) is 19.3 Å². The summed E-state index contributed by atoms with van der Waals surface area (Å²) in [5.41, 5.74) is 1.29. The summed E-state index contributed by atoms with van der Waals surface area (Å²) in [6.45, 7) is 12.6. The number of Topliss-reactive ketones (excluding diaryl/α,β-unsaturated/α-hetero) is 1. The molecule has 1 rings (SSSR count). The third kappa shape index (κ3) is 3.19. The zero-order chi connectivity index (χ0) is 11.6. The predicted molar refractivity (Wildman–Crippen MR) is 64.7 cm³/mol. The smallest absolute Gasteiger partial charge is 0.136 e. The molecule has 0 aromatic carbocycles. The van der Waals surface area contributed by atoms with Crippen molar-refractivity contribution in [3.05, 3.63) is 12.2 Å². The van der Waals surface area contributed by atoms with E-state index >= 15 is 0 Å². The molecule has 0 N–H and O–H groups in total. The Bertz CT molecular complexity index is 263. The molecule has 1 saturated carbocycles. The normalized spacial score (nSPS) is 27.9. The molecule has 86 valence electrons. The maximum atomic E-state index is 12.0. The SMILES string of the molecule is C=C(C)CC(C)(C)C1CCC(C)CC1=O. The molecule has 0 aromatic heterocycles. The Hall–Kier alpha value is -0.590. The van der Waals surface area contributed by atoms with Gasteiger partial charge in [0.25, 0.3) is 0 Å². The summed E-state index contributed by atoms with van der Waals surface area (Å²) < 4.78 is 0. The number of hydrogen-bond acceptors (Lipinski definition) is 1. The molecule has 0 amide bonds. The lowest BCUT2D eigenvalue weighted by Crippen LogP contribution is -2.35. The first-order chi connectivity index (χ1) is 6.83. The van der Waals surface area contributed by atoms with Crippen molar-refractivity contribution in [3.8, 4) is 0 Å². The molecule has 0 aromatic rings. The second-order valence-corrected chi connectivity index (χ2v) is 6.03. The average Bonchev–Trinajstić information content (AvgIpc) is 1.99. The van der Waals surface area contributed by atoms with E-state index in [4.69, 9.17) is 0 Å². The molecular weight excluding hydrogens is 184 g/mol. The summed E-state index contributed by atoms with van der Waals surface area (Å²) in [4.78, 5) is 12.0. The van der Waals surface area contributed by atoms with Crippen LogP contribution in [0.5, 0.6) is 0 Å². The van der Waals surface area contributed by atoms with Crippen molar-refractivity contribution in [3.63, 3.8) is 0 Å². The number of carbonyl (C=O) groups excluding carboxylic acids is 1. The van der Waals surface area contributed by atoms with Gasteiger partial charge in [-0.2, -0.15) is 0 Å². The number of hydrogen-bond donors (Lipinski definition) is 0. The standard InChI is InChI=1S/C14H24O/c1-10(2)9-14(4,5)12-7-6-11(3)8-13(12)15/h11-12H,1,6-9H2,2-5H3. The van der Waals surface area contributed by atoms with Crippen LogP contribution in [0.2, 0.25) is 0 Å². The van der Waals surface area contributed by atoms with Crippen molar-refractivity contribution in [2.24, 2.45) is 17.3 Å². The molecule has 0 spiro atoms. The van der Waals surface area contributed by atoms with Gasteiger partial charge in [-0.3, -0.25) is 4.79 Å². The van der Waals surface area contributed by atoms with Gasteiger partial charge in [-0.25, -0.2) is 0 Å². The lowest BCUT2D eigenvalue weighted by atomic mass is 9.66. The highest BCUT2D eigenvalue weighted by molar-refractivity contribution is 5.82. The van der Waals surface area contributed by atoms with Crippen LogP contribution in [-0.2, 0) is 4.79 Å². The van der Waals surface area contributed by atoms with Gasteiger partial charge in [0, 0.05) is 12.3 Å². The number of carbonyl (C=O) groups is 1. The van der Waals surface area contributed by atoms with Gasteiger partial charge in [0.15, 0.2) is 0 Å². The van der Waals surface area contributed by atoms with Crippen LogP contribution in [0.25, 0.3) is 0 Å². The summed E-state index contributed by atoms with van der Waals surface area (Å²) in [6, 6.07) is 0. The Kier molecular flexibility index (Phi) is 3.75. The molecule has 2 atom stereocenters. The van der Waals surface area contributed by atoms with Crippen molar-refractivity contribution >= 4 is 5.78 Å². The molecular formula is C14H24O. The molecule has 15 heavy (non-hydrogen) atoms. The molecule has 2 unspecified atom stereocenters. The summed E-state index contributed by atoms with van der Waals surface area (Å²) in [5, 5.41) is 0. The zero-order valence-corrected chi connectivity index (χ0v) is 10.6. The van der Waals surface area contributed by atoms with Gasteiger partial charge in [-0.05, 0) is 37.5 Å². The molecule has 1 aliphatic carbocycles. The highest BCUT2D eigenvalue weighted by Gasteiger charge is 2.37. The first kappa shape index (κ1) is 12.5. The fourth-order valence-electron chi connectivity index (χ4n) is 2.93. The Morgan fingerprint density at radius 3 is 2.53 bits per heavy atom. The molecule has 1 fully saturated rings. The van der Waals surface area contributed by atoms with Crippen LogP contribution in [-0.4, -0.2) is 5.78 Å². The summed E-state index contributed by atoms with van der Waals surface area (Å²) >= 11 is 0. The van der Waals surface area contributed by atoms with E-state index in [-0.39, 0.29) is 11.3 Å². The summed E-state index contributed by atoms with van der Waals surface area (Å²) in [6.07, 6.45) is 4.03. The second kappa shape index (κ2) is 4.51. The van der Waals surface area contributed by atoms with E-state index < -0.39 is 0 Å². The minimum atomic E-state index is 0.100. The average molecular weight is 208 g/mol. The highest BCUT2D eigenvalue weighted by Crippen LogP contribution is 2.41. The molecule has 1 aliphatic rings. The summed E-state index contributed by atoms with van der Waals surface area (Å²) in [7, 11) is 0. The van der Waals surface area contributed by atoms with E-state index in [1.54, 1.807) is 0 Å². The first-order valence-electron chi connectivity index (χ1n) is 6.00. The van der Waals surface area contributed by atoms with Gasteiger partial charge >= 0.3 is 0 Å². The number of ketones is 1. The Balaban J connectivity index is 2.70. The van der Waals surface area contributed by atoms with Gasteiger partial charge in [0.05, 0.1) is 0 Å². The molecule has 0 heterocycles. The maximum absolute atomic E-state index is 12.0. The van der Waals surface area contributed by atoms with Crippen LogP contribution in [0.1, 0.15) is 53.4 Å².